The largest absolute Gasteiger partial charge is 0.462 e. The molecule has 0 aliphatic carbocycles. The van der Waals surface area contributed by atoms with Crippen LogP contribution in [0.2, 0.25) is 0 Å². The standard InChI is InChI=1S/C19H20N2O8S/c1-4-27-18(25)13-10(3)14(19(26)28-5-2)30-16(13)21-12(22)9-29-17(24)11-7-6-8-20-15(11)23/h6-8H,4-5,9H2,1-3H3,(H,20,23)(H,21,22). The maximum atomic E-state index is 12.3. The molecule has 0 aliphatic rings. The minimum atomic E-state index is -0.979. The van der Waals surface area contributed by atoms with E-state index >= 15 is 0 Å². The Kier molecular flexibility index (Phi) is 7.87. The lowest BCUT2D eigenvalue weighted by molar-refractivity contribution is -0.119. The van der Waals surface area contributed by atoms with Crippen molar-refractivity contribution in [2.45, 2.75) is 20.8 Å². The third-order valence-electron chi connectivity index (χ3n) is 3.71. The zero-order valence-electron chi connectivity index (χ0n) is 16.5. The van der Waals surface area contributed by atoms with Crippen LogP contribution in [0, 0.1) is 6.92 Å². The van der Waals surface area contributed by atoms with Gasteiger partial charge in [0.15, 0.2) is 6.61 Å². The van der Waals surface area contributed by atoms with Crippen molar-refractivity contribution in [1.82, 2.24) is 4.98 Å². The Morgan fingerprint density at radius 3 is 2.33 bits per heavy atom. The van der Waals surface area contributed by atoms with Gasteiger partial charge in [0.05, 0.1) is 18.8 Å². The molecule has 160 valence electrons. The van der Waals surface area contributed by atoms with E-state index in [1.165, 1.54) is 25.3 Å². The van der Waals surface area contributed by atoms with Gasteiger partial charge < -0.3 is 24.5 Å². The number of thiophene rings is 1. The second kappa shape index (κ2) is 10.3. The average molecular weight is 436 g/mol. The number of aromatic amines is 1. The van der Waals surface area contributed by atoms with Crippen LogP contribution in [0.4, 0.5) is 5.00 Å². The van der Waals surface area contributed by atoms with Crippen molar-refractivity contribution in [2.75, 3.05) is 25.1 Å². The van der Waals surface area contributed by atoms with Crippen molar-refractivity contribution in [1.29, 1.82) is 0 Å². The lowest BCUT2D eigenvalue weighted by atomic mass is 10.1. The zero-order chi connectivity index (χ0) is 22.3. The second-order valence-electron chi connectivity index (χ2n) is 5.74. The van der Waals surface area contributed by atoms with E-state index in [1.807, 2.05) is 0 Å². The Morgan fingerprint density at radius 1 is 1.03 bits per heavy atom. The van der Waals surface area contributed by atoms with E-state index in [0.717, 1.165) is 11.3 Å². The molecule has 30 heavy (non-hydrogen) atoms. The number of rotatable bonds is 8. The topological polar surface area (TPSA) is 141 Å². The first-order valence-corrected chi connectivity index (χ1v) is 9.74. The summed E-state index contributed by atoms with van der Waals surface area (Å²) in [5.74, 6) is -3.10. The number of nitrogens with one attached hydrogen (secondary N) is 2. The molecule has 0 aromatic carbocycles. The molecule has 2 N–H and O–H groups in total. The summed E-state index contributed by atoms with van der Waals surface area (Å²) >= 11 is 0.847. The van der Waals surface area contributed by atoms with Crippen LogP contribution >= 0.6 is 11.3 Å². The molecule has 2 rings (SSSR count). The van der Waals surface area contributed by atoms with Gasteiger partial charge >= 0.3 is 17.9 Å². The lowest BCUT2D eigenvalue weighted by Gasteiger charge is -2.07. The minimum Gasteiger partial charge on any atom is -0.462 e. The van der Waals surface area contributed by atoms with E-state index < -0.39 is 36.0 Å². The third-order valence-corrected chi connectivity index (χ3v) is 4.90. The van der Waals surface area contributed by atoms with Crippen LogP contribution in [0.3, 0.4) is 0 Å². The van der Waals surface area contributed by atoms with Crippen LogP contribution < -0.4 is 10.9 Å². The fraction of sp³-hybridized carbons (Fsp3) is 0.316. The average Bonchev–Trinajstić information content (AvgIpc) is 3.02. The molecular formula is C19H20N2O8S. The van der Waals surface area contributed by atoms with Gasteiger partial charge in [-0.05, 0) is 38.5 Å². The highest BCUT2D eigenvalue weighted by Gasteiger charge is 2.27. The number of esters is 3. The molecule has 0 saturated heterocycles. The Hall–Kier alpha value is -3.47. The predicted molar refractivity (Wildman–Crippen MR) is 107 cm³/mol. The Labute approximate surface area is 175 Å². The van der Waals surface area contributed by atoms with Gasteiger partial charge in [-0.25, -0.2) is 14.4 Å². The molecule has 10 nitrogen and oxygen atoms in total. The van der Waals surface area contributed by atoms with Crippen molar-refractivity contribution in [3.8, 4) is 0 Å². The highest BCUT2D eigenvalue weighted by molar-refractivity contribution is 7.18. The molecule has 0 atom stereocenters. The number of H-pyrrole nitrogens is 1. The number of pyridine rings is 1. The summed E-state index contributed by atoms with van der Waals surface area (Å²) in [6, 6.07) is 2.70. The van der Waals surface area contributed by atoms with Crippen molar-refractivity contribution in [2.24, 2.45) is 0 Å². The van der Waals surface area contributed by atoms with E-state index in [2.05, 4.69) is 10.3 Å². The van der Waals surface area contributed by atoms with Gasteiger partial charge in [0.25, 0.3) is 11.5 Å². The fourth-order valence-corrected chi connectivity index (χ4v) is 3.50. The van der Waals surface area contributed by atoms with Gasteiger partial charge in [-0.3, -0.25) is 9.59 Å². The summed E-state index contributed by atoms with van der Waals surface area (Å²) in [5, 5.41) is 2.50. The molecule has 0 aliphatic heterocycles. The van der Waals surface area contributed by atoms with Crippen molar-refractivity contribution in [3.63, 3.8) is 0 Å². The summed E-state index contributed by atoms with van der Waals surface area (Å²) < 4.78 is 14.8. The summed E-state index contributed by atoms with van der Waals surface area (Å²) in [6.45, 7) is 4.32. The molecule has 2 heterocycles. The second-order valence-corrected chi connectivity index (χ2v) is 6.76. The Bertz CT molecular complexity index is 1020. The summed E-state index contributed by atoms with van der Waals surface area (Å²) in [4.78, 5) is 62.7. The first-order valence-electron chi connectivity index (χ1n) is 8.92. The molecule has 0 unspecified atom stereocenters. The number of carbonyl (C=O) groups is 4. The quantitative estimate of drug-likeness (QED) is 0.472. The molecule has 0 radical (unpaired) electrons. The normalized spacial score (nSPS) is 10.2. The number of hydrogen-bond donors (Lipinski definition) is 2. The molecule has 0 spiro atoms. The maximum Gasteiger partial charge on any atom is 0.348 e. The van der Waals surface area contributed by atoms with Gasteiger partial charge in [-0.1, -0.05) is 0 Å². The SMILES string of the molecule is CCOC(=O)c1sc(NC(=O)COC(=O)c2ccc[nH]c2=O)c(C(=O)OCC)c1C. The third kappa shape index (κ3) is 5.32. The first-order chi connectivity index (χ1) is 14.3. The molecule has 2 aromatic heterocycles. The van der Waals surface area contributed by atoms with Crippen LogP contribution in [0.5, 0.6) is 0 Å². The number of ether oxygens (including phenoxy) is 3. The molecule has 0 saturated carbocycles. The van der Waals surface area contributed by atoms with Crippen LogP contribution in [-0.2, 0) is 19.0 Å². The van der Waals surface area contributed by atoms with Gasteiger partial charge in [0.1, 0.15) is 15.4 Å². The smallest absolute Gasteiger partial charge is 0.348 e. The van der Waals surface area contributed by atoms with Crippen molar-refractivity contribution >= 4 is 40.2 Å². The van der Waals surface area contributed by atoms with Gasteiger partial charge in [0.2, 0.25) is 0 Å². The predicted octanol–water partition coefficient (Wildman–Crippen LogP) is 1.89. The molecular weight excluding hydrogens is 416 g/mol. The van der Waals surface area contributed by atoms with Crippen LogP contribution in [0.25, 0.3) is 0 Å². The monoisotopic (exact) mass is 436 g/mol. The summed E-state index contributed by atoms with van der Waals surface area (Å²) in [5.41, 5.74) is -0.585. The van der Waals surface area contributed by atoms with E-state index in [9.17, 15) is 24.0 Å². The molecule has 0 fully saturated rings. The van der Waals surface area contributed by atoms with Crippen molar-refractivity contribution < 1.29 is 33.4 Å². The molecule has 11 heteroatoms. The number of amides is 1. The van der Waals surface area contributed by atoms with Gasteiger partial charge in [-0.15, -0.1) is 11.3 Å². The number of hydrogen-bond acceptors (Lipinski definition) is 9. The number of carbonyl (C=O) groups excluding carboxylic acids is 4. The van der Waals surface area contributed by atoms with Gasteiger partial charge in [-0.2, -0.15) is 0 Å². The van der Waals surface area contributed by atoms with Crippen molar-refractivity contribution in [3.05, 3.63) is 50.3 Å². The van der Waals surface area contributed by atoms with E-state index in [0.29, 0.717) is 5.56 Å². The fourth-order valence-electron chi connectivity index (χ4n) is 2.40. The molecule has 1 amide bonds. The summed E-state index contributed by atoms with van der Waals surface area (Å²) in [6.07, 6.45) is 1.35. The number of aromatic nitrogens is 1. The van der Waals surface area contributed by atoms with Gasteiger partial charge in [0, 0.05) is 6.20 Å². The van der Waals surface area contributed by atoms with Crippen LogP contribution in [-0.4, -0.2) is 48.6 Å². The zero-order valence-corrected chi connectivity index (χ0v) is 17.3. The van der Waals surface area contributed by atoms with Crippen LogP contribution in [0.1, 0.15) is 49.8 Å². The Morgan fingerprint density at radius 2 is 1.70 bits per heavy atom. The lowest BCUT2D eigenvalue weighted by Crippen LogP contribution is -2.24. The number of anilines is 1. The molecule has 2 aromatic rings. The highest BCUT2D eigenvalue weighted by Crippen LogP contribution is 2.34. The highest BCUT2D eigenvalue weighted by atomic mass is 32.1. The van der Waals surface area contributed by atoms with Crippen LogP contribution in [0.15, 0.2) is 23.1 Å². The summed E-state index contributed by atoms with van der Waals surface area (Å²) in [7, 11) is 0. The first kappa shape index (κ1) is 22.8. The maximum absolute atomic E-state index is 12.3. The van der Waals surface area contributed by atoms with E-state index in [4.69, 9.17) is 14.2 Å². The molecule has 0 bridgehead atoms. The minimum absolute atomic E-state index is 0.0177. The Balaban J connectivity index is 2.18. The van der Waals surface area contributed by atoms with E-state index in [1.54, 1.807) is 13.8 Å². The van der Waals surface area contributed by atoms with E-state index in [-0.39, 0.29) is 34.2 Å².